The zero-order valence-electron chi connectivity index (χ0n) is 8.27. The molecule has 4 nitrogen and oxygen atoms in total. The Bertz CT molecular complexity index is 318. The second-order valence-corrected chi connectivity index (χ2v) is 4.49. The number of hydrogen-bond donors (Lipinski definition) is 1. The van der Waals surface area contributed by atoms with Gasteiger partial charge in [-0.1, -0.05) is 11.9 Å². The van der Waals surface area contributed by atoms with Gasteiger partial charge in [-0.2, -0.15) is 0 Å². The summed E-state index contributed by atoms with van der Waals surface area (Å²) in [4.78, 5) is 9.97. The number of nitrogens with zero attached hydrogens (tertiary/aromatic N) is 3. The summed E-state index contributed by atoms with van der Waals surface area (Å²) in [5, 5.41) is 5.98. The van der Waals surface area contributed by atoms with Gasteiger partial charge in [-0.25, -0.2) is 14.4 Å². The van der Waals surface area contributed by atoms with E-state index in [1.807, 2.05) is 4.90 Å². The Morgan fingerprint density at radius 1 is 1.47 bits per heavy atom. The molecule has 2 heterocycles. The highest BCUT2D eigenvalue weighted by Gasteiger charge is 2.21. The normalized spacial score (nSPS) is 21.7. The second-order valence-electron chi connectivity index (χ2n) is 3.55. The summed E-state index contributed by atoms with van der Waals surface area (Å²) in [6, 6.07) is 0. The molecule has 0 aliphatic carbocycles. The van der Waals surface area contributed by atoms with Gasteiger partial charge in [0, 0.05) is 18.3 Å². The van der Waals surface area contributed by atoms with Gasteiger partial charge in [0.25, 0.3) is 0 Å². The maximum Gasteiger partial charge on any atom is 0.225 e. The topological polar surface area (TPSA) is 55.0 Å². The van der Waals surface area contributed by atoms with Gasteiger partial charge in [0.15, 0.2) is 5.82 Å². The summed E-state index contributed by atoms with van der Waals surface area (Å²) in [6.07, 6.45) is 4.59. The number of piperidine rings is 1. The fraction of sp³-hybridized carbons (Fsp3) is 0.556. The van der Waals surface area contributed by atoms with Crippen molar-refractivity contribution >= 4 is 17.9 Å². The Morgan fingerprint density at radius 3 is 2.87 bits per heavy atom. The van der Waals surface area contributed by atoms with E-state index in [-0.39, 0.29) is 0 Å². The van der Waals surface area contributed by atoms with Crippen LogP contribution < -0.4 is 10.0 Å². The van der Waals surface area contributed by atoms with Gasteiger partial charge in [-0.15, -0.1) is 0 Å². The standard InChI is InChI=1S/C9H13FN4S/c10-7-4-12-9(13-5-7)14-3-1-2-8(6-14)15-11/h4-5,8H,1-3,6,11H2. The van der Waals surface area contributed by atoms with Crippen molar-refractivity contribution < 1.29 is 4.39 Å². The van der Waals surface area contributed by atoms with Crippen LogP contribution in [0.3, 0.4) is 0 Å². The third-order valence-corrected chi connectivity index (χ3v) is 3.23. The van der Waals surface area contributed by atoms with Gasteiger partial charge in [0.1, 0.15) is 0 Å². The molecule has 2 rings (SSSR count). The minimum atomic E-state index is -0.402. The highest BCUT2D eigenvalue weighted by atomic mass is 32.2. The zero-order chi connectivity index (χ0) is 10.7. The van der Waals surface area contributed by atoms with Crippen molar-refractivity contribution in [3.63, 3.8) is 0 Å². The molecule has 1 fully saturated rings. The molecule has 0 radical (unpaired) electrons. The van der Waals surface area contributed by atoms with E-state index in [1.54, 1.807) is 0 Å². The molecule has 0 amide bonds. The first-order chi connectivity index (χ1) is 7.29. The van der Waals surface area contributed by atoms with Crippen molar-refractivity contribution in [2.45, 2.75) is 18.1 Å². The smallest absolute Gasteiger partial charge is 0.225 e. The number of halogens is 1. The van der Waals surface area contributed by atoms with E-state index in [2.05, 4.69) is 9.97 Å². The number of anilines is 1. The molecule has 1 aromatic rings. The van der Waals surface area contributed by atoms with Gasteiger partial charge in [-0.05, 0) is 12.8 Å². The quantitative estimate of drug-likeness (QED) is 0.771. The number of aromatic nitrogens is 2. The summed E-state index contributed by atoms with van der Waals surface area (Å²) >= 11 is 1.38. The molecule has 1 saturated heterocycles. The lowest BCUT2D eigenvalue weighted by molar-refractivity contribution is 0.572. The fourth-order valence-electron chi connectivity index (χ4n) is 1.70. The van der Waals surface area contributed by atoms with Crippen LogP contribution in [-0.2, 0) is 0 Å². The molecule has 1 aromatic heterocycles. The van der Waals surface area contributed by atoms with Crippen LogP contribution in [0.15, 0.2) is 12.4 Å². The van der Waals surface area contributed by atoms with Crippen molar-refractivity contribution in [2.75, 3.05) is 18.0 Å². The molecular weight excluding hydrogens is 215 g/mol. The molecule has 6 heteroatoms. The number of hydrogen-bond acceptors (Lipinski definition) is 5. The minimum Gasteiger partial charge on any atom is -0.340 e. The third kappa shape index (κ3) is 2.57. The average Bonchev–Trinajstić information content (AvgIpc) is 2.30. The van der Waals surface area contributed by atoms with Crippen LogP contribution >= 0.6 is 11.9 Å². The highest BCUT2D eigenvalue weighted by Crippen LogP contribution is 2.21. The summed E-state index contributed by atoms with van der Waals surface area (Å²) in [5.74, 6) is 0.190. The maximum atomic E-state index is 12.6. The summed E-state index contributed by atoms with van der Waals surface area (Å²) in [7, 11) is 0. The van der Waals surface area contributed by atoms with Gasteiger partial charge in [-0.3, -0.25) is 5.14 Å². The predicted octanol–water partition coefficient (Wildman–Crippen LogP) is 1.19. The van der Waals surface area contributed by atoms with Crippen molar-refractivity contribution in [2.24, 2.45) is 5.14 Å². The van der Waals surface area contributed by atoms with Crippen LogP contribution in [0.1, 0.15) is 12.8 Å². The van der Waals surface area contributed by atoms with Gasteiger partial charge in [0.2, 0.25) is 5.95 Å². The second kappa shape index (κ2) is 4.76. The molecule has 2 N–H and O–H groups in total. The Labute approximate surface area is 92.2 Å². The molecule has 15 heavy (non-hydrogen) atoms. The lowest BCUT2D eigenvalue weighted by Crippen LogP contribution is -2.38. The van der Waals surface area contributed by atoms with Crippen LogP contribution in [0.2, 0.25) is 0 Å². The summed E-state index contributed by atoms with van der Waals surface area (Å²) in [6.45, 7) is 1.76. The van der Waals surface area contributed by atoms with Crippen molar-refractivity contribution in [3.05, 3.63) is 18.2 Å². The summed E-state index contributed by atoms with van der Waals surface area (Å²) < 4.78 is 12.6. The van der Waals surface area contributed by atoms with E-state index >= 15 is 0 Å². The van der Waals surface area contributed by atoms with E-state index < -0.39 is 5.82 Å². The first-order valence-electron chi connectivity index (χ1n) is 4.87. The molecule has 0 saturated carbocycles. The molecule has 0 bridgehead atoms. The van der Waals surface area contributed by atoms with Crippen molar-refractivity contribution in [1.82, 2.24) is 9.97 Å². The van der Waals surface area contributed by atoms with E-state index in [1.165, 1.54) is 24.3 Å². The number of rotatable bonds is 2. The Morgan fingerprint density at radius 2 is 2.20 bits per heavy atom. The molecule has 1 aliphatic heterocycles. The maximum absolute atomic E-state index is 12.6. The largest absolute Gasteiger partial charge is 0.340 e. The molecular formula is C9H13FN4S. The van der Waals surface area contributed by atoms with Crippen LogP contribution in [-0.4, -0.2) is 28.3 Å². The fourth-order valence-corrected chi connectivity index (χ4v) is 2.27. The lowest BCUT2D eigenvalue weighted by atomic mass is 10.1. The Hall–Kier alpha value is -0.880. The Kier molecular flexibility index (Phi) is 3.37. The molecule has 0 spiro atoms. The highest BCUT2D eigenvalue weighted by molar-refractivity contribution is 7.97. The van der Waals surface area contributed by atoms with Gasteiger partial charge >= 0.3 is 0 Å². The Balaban J connectivity index is 2.06. The molecule has 1 unspecified atom stereocenters. The molecule has 1 aliphatic rings. The van der Waals surface area contributed by atoms with E-state index in [9.17, 15) is 4.39 Å². The molecule has 1 atom stereocenters. The van der Waals surface area contributed by atoms with Gasteiger partial charge < -0.3 is 4.90 Å². The SMILES string of the molecule is NSC1CCCN(c2ncc(F)cn2)C1. The van der Waals surface area contributed by atoms with Crippen LogP contribution in [0.4, 0.5) is 10.3 Å². The van der Waals surface area contributed by atoms with Crippen molar-refractivity contribution in [1.29, 1.82) is 0 Å². The van der Waals surface area contributed by atoms with Crippen molar-refractivity contribution in [3.8, 4) is 0 Å². The van der Waals surface area contributed by atoms with Crippen LogP contribution in [0.5, 0.6) is 0 Å². The molecule has 82 valence electrons. The minimum absolute atomic E-state index is 0.402. The zero-order valence-corrected chi connectivity index (χ0v) is 9.08. The van der Waals surface area contributed by atoms with Crippen LogP contribution in [0, 0.1) is 5.82 Å². The average molecular weight is 228 g/mol. The third-order valence-electron chi connectivity index (χ3n) is 2.46. The number of nitrogens with two attached hydrogens (primary N) is 1. The first kappa shape index (κ1) is 10.6. The van der Waals surface area contributed by atoms with Crippen LogP contribution in [0.25, 0.3) is 0 Å². The van der Waals surface area contributed by atoms with E-state index in [0.29, 0.717) is 11.2 Å². The van der Waals surface area contributed by atoms with E-state index in [4.69, 9.17) is 5.14 Å². The lowest BCUT2D eigenvalue weighted by Gasteiger charge is -2.31. The molecule has 0 aromatic carbocycles. The first-order valence-corrected chi connectivity index (χ1v) is 5.82. The predicted molar refractivity (Wildman–Crippen MR) is 59.0 cm³/mol. The van der Waals surface area contributed by atoms with Gasteiger partial charge in [0.05, 0.1) is 12.4 Å². The monoisotopic (exact) mass is 228 g/mol. The summed E-state index contributed by atoms with van der Waals surface area (Å²) in [5.41, 5.74) is 0. The van der Waals surface area contributed by atoms with E-state index in [0.717, 1.165) is 25.9 Å².